The molecule has 2 heterocycles. The molecule has 4 nitrogen and oxygen atoms in total. The molecule has 1 aliphatic heterocycles. The molecule has 1 saturated heterocycles. The Morgan fingerprint density at radius 2 is 1.83 bits per heavy atom. The maximum atomic E-state index is 13.5. The van der Waals surface area contributed by atoms with Gasteiger partial charge in [-0.05, 0) is 56.5 Å². The number of amides is 1. The van der Waals surface area contributed by atoms with Crippen molar-refractivity contribution in [2.75, 3.05) is 19.6 Å². The molecule has 5 heteroatoms. The molecule has 1 aromatic heterocycles. The number of carbonyl (C=O) groups is 1. The number of hydrogen-bond donors (Lipinski definition) is 0. The van der Waals surface area contributed by atoms with E-state index in [-0.39, 0.29) is 29.6 Å². The Bertz CT molecular complexity index is 813. The van der Waals surface area contributed by atoms with Crippen LogP contribution in [0.4, 0.5) is 4.39 Å². The van der Waals surface area contributed by atoms with E-state index in [1.807, 2.05) is 49.9 Å². The molecule has 0 aliphatic carbocycles. The summed E-state index contributed by atoms with van der Waals surface area (Å²) < 4.78 is 19.2. The molecule has 1 aliphatic rings. The number of carbonyl (C=O) groups excluding carboxylic acids is 1. The van der Waals surface area contributed by atoms with Gasteiger partial charge in [0, 0.05) is 37.5 Å². The molecule has 0 N–H and O–H groups in total. The van der Waals surface area contributed by atoms with E-state index < -0.39 is 0 Å². The summed E-state index contributed by atoms with van der Waals surface area (Å²) in [5.41, 5.74) is 1.13. The average Bonchev–Trinajstić information content (AvgIpc) is 3.25. The molecule has 0 saturated carbocycles. The maximum absolute atomic E-state index is 13.5. The third-order valence-corrected chi connectivity index (χ3v) is 5.82. The molecule has 1 fully saturated rings. The monoisotopic (exact) mass is 400 g/mol. The summed E-state index contributed by atoms with van der Waals surface area (Å²) in [6.07, 6.45) is 0. The fraction of sp³-hybridized carbons (Fsp3) is 0.542. The van der Waals surface area contributed by atoms with Gasteiger partial charge >= 0.3 is 0 Å². The SMILES string of the molecule is Cc1ccc(CN2CC(CN(C(=O)C(C)C)C(C)C)C(c3ccc(F)cc3)C2)o1. The van der Waals surface area contributed by atoms with Crippen molar-refractivity contribution < 1.29 is 13.6 Å². The smallest absolute Gasteiger partial charge is 0.225 e. The van der Waals surface area contributed by atoms with E-state index in [0.29, 0.717) is 12.5 Å². The Labute approximate surface area is 173 Å². The van der Waals surface area contributed by atoms with Gasteiger partial charge in [0.1, 0.15) is 17.3 Å². The van der Waals surface area contributed by atoms with E-state index in [9.17, 15) is 9.18 Å². The van der Waals surface area contributed by atoms with E-state index in [1.54, 1.807) is 0 Å². The molecular weight excluding hydrogens is 367 g/mol. The highest BCUT2D eigenvalue weighted by Gasteiger charge is 2.36. The van der Waals surface area contributed by atoms with Crippen LogP contribution in [-0.2, 0) is 11.3 Å². The van der Waals surface area contributed by atoms with E-state index in [2.05, 4.69) is 18.7 Å². The lowest BCUT2D eigenvalue weighted by Gasteiger charge is -2.33. The molecular formula is C24H33FN2O2. The summed E-state index contributed by atoms with van der Waals surface area (Å²) in [5.74, 6) is 2.38. The molecule has 1 amide bonds. The third-order valence-electron chi connectivity index (χ3n) is 5.82. The van der Waals surface area contributed by atoms with Crippen molar-refractivity contribution in [1.82, 2.24) is 9.80 Å². The van der Waals surface area contributed by atoms with E-state index in [0.717, 1.165) is 36.7 Å². The highest BCUT2D eigenvalue weighted by atomic mass is 19.1. The first kappa shape index (κ1) is 21.6. The second-order valence-corrected chi connectivity index (χ2v) is 8.86. The zero-order chi connectivity index (χ0) is 21.1. The van der Waals surface area contributed by atoms with Crippen LogP contribution in [0, 0.1) is 24.6 Å². The number of halogens is 1. The quantitative estimate of drug-likeness (QED) is 0.668. The van der Waals surface area contributed by atoms with E-state index >= 15 is 0 Å². The summed E-state index contributed by atoms with van der Waals surface area (Å²) >= 11 is 0. The molecule has 3 rings (SSSR count). The second-order valence-electron chi connectivity index (χ2n) is 8.86. The highest BCUT2D eigenvalue weighted by molar-refractivity contribution is 5.78. The van der Waals surface area contributed by atoms with Crippen LogP contribution in [0.2, 0.25) is 0 Å². The molecule has 29 heavy (non-hydrogen) atoms. The third kappa shape index (κ3) is 5.27. The van der Waals surface area contributed by atoms with Crippen molar-refractivity contribution in [1.29, 1.82) is 0 Å². The number of rotatable bonds is 7. The van der Waals surface area contributed by atoms with Gasteiger partial charge in [0.15, 0.2) is 0 Å². The average molecular weight is 401 g/mol. The number of furan rings is 1. The van der Waals surface area contributed by atoms with Crippen LogP contribution in [-0.4, -0.2) is 41.4 Å². The fourth-order valence-electron chi connectivity index (χ4n) is 4.29. The van der Waals surface area contributed by atoms with Gasteiger partial charge in [0.05, 0.1) is 6.54 Å². The maximum Gasteiger partial charge on any atom is 0.225 e. The Morgan fingerprint density at radius 1 is 1.14 bits per heavy atom. The molecule has 0 radical (unpaired) electrons. The summed E-state index contributed by atoms with van der Waals surface area (Å²) in [7, 11) is 0. The van der Waals surface area contributed by atoms with Gasteiger partial charge in [-0.1, -0.05) is 26.0 Å². The molecule has 2 atom stereocenters. The van der Waals surface area contributed by atoms with Crippen LogP contribution in [0.1, 0.15) is 50.7 Å². The fourth-order valence-corrected chi connectivity index (χ4v) is 4.29. The zero-order valence-corrected chi connectivity index (χ0v) is 18.2. The minimum atomic E-state index is -0.218. The van der Waals surface area contributed by atoms with Crippen molar-refractivity contribution in [3.05, 3.63) is 59.3 Å². The normalized spacial score (nSPS) is 20.0. The molecule has 0 bridgehead atoms. The van der Waals surface area contributed by atoms with Crippen molar-refractivity contribution in [2.45, 2.75) is 53.1 Å². The van der Waals surface area contributed by atoms with Crippen LogP contribution in [0.5, 0.6) is 0 Å². The molecule has 2 unspecified atom stereocenters. The second kappa shape index (κ2) is 9.12. The molecule has 2 aromatic rings. The van der Waals surface area contributed by atoms with Crippen LogP contribution in [0.3, 0.4) is 0 Å². The van der Waals surface area contributed by atoms with Gasteiger partial charge in [0.25, 0.3) is 0 Å². The standard InChI is InChI=1S/C24H33FN2O2/c1-16(2)24(28)27(17(3)4)13-20-12-26(14-22-11-6-18(5)29-22)15-23(20)19-7-9-21(25)10-8-19/h6-11,16-17,20,23H,12-15H2,1-5H3. The Morgan fingerprint density at radius 3 is 2.38 bits per heavy atom. The molecule has 0 spiro atoms. The lowest BCUT2D eigenvalue weighted by molar-refractivity contribution is -0.136. The minimum absolute atomic E-state index is 0.0229. The molecule has 158 valence electrons. The van der Waals surface area contributed by atoms with Crippen LogP contribution in [0.15, 0.2) is 40.8 Å². The summed E-state index contributed by atoms with van der Waals surface area (Å²) in [5, 5.41) is 0. The highest BCUT2D eigenvalue weighted by Crippen LogP contribution is 2.35. The summed E-state index contributed by atoms with van der Waals surface area (Å²) in [4.78, 5) is 17.2. The van der Waals surface area contributed by atoms with Crippen molar-refractivity contribution in [3.8, 4) is 0 Å². The number of hydrogen-bond acceptors (Lipinski definition) is 3. The van der Waals surface area contributed by atoms with Crippen LogP contribution < -0.4 is 0 Å². The largest absolute Gasteiger partial charge is 0.465 e. The predicted octanol–water partition coefficient (Wildman–Crippen LogP) is 4.84. The van der Waals surface area contributed by atoms with Gasteiger partial charge < -0.3 is 9.32 Å². The lowest BCUT2D eigenvalue weighted by atomic mass is 9.88. The minimum Gasteiger partial charge on any atom is -0.465 e. The van der Waals surface area contributed by atoms with E-state index in [4.69, 9.17) is 4.42 Å². The van der Waals surface area contributed by atoms with Crippen molar-refractivity contribution in [2.24, 2.45) is 11.8 Å². The first-order valence-corrected chi connectivity index (χ1v) is 10.6. The Hall–Kier alpha value is -2.14. The number of likely N-dealkylation sites (tertiary alicyclic amines) is 1. The topological polar surface area (TPSA) is 36.7 Å². The first-order valence-electron chi connectivity index (χ1n) is 10.6. The Kier molecular flexibility index (Phi) is 6.78. The van der Waals surface area contributed by atoms with Crippen LogP contribution >= 0.6 is 0 Å². The number of benzene rings is 1. The van der Waals surface area contributed by atoms with Gasteiger partial charge in [-0.2, -0.15) is 0 Å². The van der Waals surface area contributed by atoms with Crippen molar-refractivity contribution in [3.63, 3.8) is 0 Å². The van der Waals surface area contributed by atoms with Gasteiger partial charge in [-0.15, -0.1) is 0 Å². The predicted molar refractivity (Wildman–Crippen MR) is 113 cm³/mol. The number of aryl methyl sites for hydroxylation is 1. The van der Waals surface area contributed by atoms with Gasteiger partial charge in [-0.25, -0.2) is 4.39 Å². The van der Waals surface area contributed by atoms with Crippen LogP contribution in [0.25, 0.3) is 0 Å². The summed E-state index contributed by atoms with van der Waals surface area (Å²) in [6.45, 7) is 13.2. The summed E-state index contributed by atoms with van der Waals surface area (Å²) in [6, 6.07) is 11.0. The lowest BCUT2D eigenvalue weighted by Crippen LogP contribution is -2.43. The van der Waals surface area contributed by atoms with Gasteiger partial charge in [-0.3, -0.25) is 9.69 Å². The molecule has 1 aromatic carbocycles. The zero-order valence-electron chi connectivity index (χ0n) is 18.2. The first-order chi connectivity index (χ1) is 13.7. The van der Waals surface area contributed by atoms with Crippen molar-refractivity contribution >= 4 is 5.91 Å². The Balaban J connectivity index is 1.81. The number of nitrogens with zero attached hydrogens (tertiary/aromatic N) is 2. The van der Waals surface area contributed by atoms with E-state index in [1.165, 1.54) is 12.1 Å². The van der Waals surface area contributed by atoms with Gasteiger partial charge in [0.2, 0.25) is 5.91 Å².